The third-order valence-electron chi connectivity index (χ3n) is 5.85. The molecular formula is C21H25N5O3S. The van der Waals surface area contributed by atoms with E-state index >= 15 is 0 Å². The highest BCUT2D eigenvalue weighted by Gasteiger charge is 2.28. The van der Waals surface area contributed by atoms with Gasteiger partial charge >= 0.3 is 0 Å². The largest absolute Gasteiger partial charge is 0.509 e. The lowest BCUT2D eigenvalue weighted by atomic mass is 9.89. The number of sulfonamides is 1. The topological polar surface area (TPSA) is 99.8 Å². The summed E-state index contributed by atoms with van der Waals surface area (Å²) in [5.41, 5.74) is 3.78. The summed E-state index contributed by atoms with van der Waals surface area (Å²) in [6.45, 7) is 8.09. The second-order valence-electron chi connectivity index (χ2n) is 7.98. The van der Waals surface area contributed by atoms with Crippen LogP contribution < -0.4 is 5.32 Å². The summed E-state index contributed by atoms with van der Waals surface area (Å²) < 4.78 is 25.4. The monoisotopic (exact) mass is 427 g/mol. The summed E-state index contributed by atoms with van der Waals surface area (Å²) in [6, 6.07) is 4.84. The van der Waals surface area contributed by atoms with Crippen molar-refractivity contribution in [3.05, 3.63) is 40.7 Å². The van der Waals surface area contributed by atoms with Gasteiger partial charge in [0.05, 0.1) is 12.8 Å². The van der Waals surface area contributed by atoms with Crippen LogP contribution in [0.3, 0.4) is 0 Å². The number of phenols is 1. The highest BCUT2D eigenvalue weighted by atomic mass is 32.2. The van der Waals surface area contributed by atoms with Crippen molar-refractivity contribution in [1.29, 1.82) is 0 Å². The van der Waals surface area contributed by atoms with Crippen LogP contribution in [0.1, 0.15) is 36.8 Å². The van der Waals surface area contributed by atoms with E-state index in [0.717, 1.165) is 49.7 Å². The molecule has 8 nitrogen and oxygen atoms in total. The Morgan fingerprint density at radius 1 is 1.20 bits per heavy atom. The Balaban J connectivity index is 1.66. The molecule has 1 fully saturated rings. The molecule has 2 aromatic rings. The molecule has 9 heteroatoms. The van der Waals surface area contributed by atoms with Crippen LogP contribution >= 0.6 is 0 Å². The number of benzene rings is 1. The molecule has 1 aromatic carbocycles. The summed E-state index contributed by atoms with van der Waals surface area (Å²) in [5, 5.41) is 22.7. The minimum atomic E-state index is -3.21. The van der Waals surface area contributed by atoms with E-state index in [2.05, 4.69) is 20.4 Å². The van der Waals surface area contributed by atoms with Crippen molar-refractivity contribution >= 4 is 21.5 Å². The molecule has 1 aromatic heterocycles. The standard InChI is InChI=1S/C21H25N5O3S/c1-22-14-9-10-18(19(27)12-14)20-16-7-3-4-8-17(16)21(25-24-20)23-15-6-5-11-26(13-15)30(2,28)29/h9-10,12,15,27H,3-8,11,13H2,2H3,(H,23,25)/t15-/m1/s1. The Morgan fingerprint density at radius 3 is 2.67 bits per heavy atom. The maximum Gasteiger partial charge on any atom is 0.211 e. The van der Waals surface area contributed by atoms with Gasteiger partial charge in [-0.2, -0.15) is 0 Å². The number of nitrogens with one attached hydrogen (secondary N) is 1. The van der Waals surface area contributed by atoms with Gasteiger partial charge in [0.1, 0.15) is 11.4 Å². The second kappa shape index (κ2) is 8.20. The third-order valence-corrected chi connectivity index (χ3v) is 7.12. The van der Waals surface area contributed by atoms with Crippen LogP contribution in [0, 0.1) is 6.57 Å². The highest BCUT2D eigenvalue weighted by Crippen LogP contribution is 2.38. The summed E-state index contributed by atoms with van der Waals surface area (Å²) in [7, 11) is -3.21. The van der Waals surface area contributed by atoms with Crippen molar-refractivity contribution in [3.8, 4) is 17.0 Å². The van der Waals surface area contributed by atoms with Crippen molar-refractivity contribution < 1.29 is 13.5 Å². The molecule has 0 saturated carbocycles. The van der Waals surface area contributed by atoms with Crippen molar-refractivity contribution in [2.45, 2.75) is 44.6 Å². The number of phenolic OH excluding ortho intramolecular Hbond substituents is 1. The van der Waals surface area contributed by atoms with Crippen LogP contribution in [-0.2, 0) is 22.9 Å². The van der Waals surface area contributed by atoms with Gasteiger partial charge in [-0.3, -0.25) is 0 Å². The summed E-state index contributed by atoms with van der Waals surface area (Å²) >= 11 is 0. The van der Waals surface area contributed by atoms with E-state index < -0.39 is 10.0 Å². The number of nitrogens with zero attached hydrogens (tertiary/aromatic N) is 4. The zero-order chi connectivity index (χ0) is 21.3. The van der Waals surface area contributed by atoms with Crippen LogP contribution in [0.5, 0.6) is 5.75 Å². The Kier molecular flexibility index (Phi) is 5.62. The first-order valence-electron chi connectivity index (χ1n) is 10.2. The maximum atomic E-state index is 11.9. The molecule has 1 saturated heterocycles. The lowest BCUT2D eigenvalue weighted by Gasteiger charge is -2.32. The fraction of sp³-hybridized carbons (Fsp3) is 0.476. The number of hydrogen-bond acceptors (Lipinski definition) is 6. The molecule has 4 rings (SSSR count). The van der Waals surface area contributed by atoms with E-state index in [4.69, 9.17) is 6.57 Å². The normalized spacial score (nSPS) is 19.7. The molecule has 1 atom stereocenters. The van der Waals surface area contributed by atoms with E-state index in [1.165, 1.54) is 16.6 Å². The van der Waals surface area contributed by atoms with Gasteiger partial charge in [0.25, 0.3) is 0 Å². The fourth-order valence-electron chi connectivity index (χ4n) is 4.33. The molecule has 0 radical (unpaired) electrons. The van der Waals surface area contributed by atoms with Crippen molar-refractivity contribution in [1.82, 2.24) is 14.5 Å². The lowest BCUT2D eigenvalue weighted by Crippen LogP contribution is -2.44. The Morgan fingerprint density at radius 2 is 1.97 bits per heavy atom. The number of aromatic nitrogens is 2. The molecule has 1 aliphatic heterocycles. The SMILES string of the molecule is [C-]#[N+]c1ccc(-c2nnc(N[C@@H]3CCCN(S(C)(=O)=O)C3)c3c2CCCC3)c(O)c1. The van der Waals surface area contributed by atoms with E-state index in [1.807, 2.05) is 0 Å². The zero-order valence-corrected chi connectivity index (χ0v) is 17.7. The Labute approximate surface area is 176 Å². The molecule has 0 unspecified atom stereocenters. The number of piperidine rings is 1. The van der Waals surface area contributed by atoms with Crippen molar-refractivity contribution in [2.75, 3.05) is 24.7 Å². The van der Waals surface area contributed by atoms with E-state index in [9.17, 15) is 13.5 Å². The van der Waals surface area contributed by atoms with Gasteiger partial charge < -0.3 is 10.4 Å². The number of hydrogen-bond donors (Lipinski definition) is 2. The van der Waals surface area contributed by atoms with Gasteiger partial charge in [-0.25, -0.2) is 17.6 Å². The third kappa shape index (κ3) is 4.11. The van der Waals surface area contributed by atoms with Crippen LogP contribution in [-0.4, -0.2) is 53.4 Å². The molecule has 2 heterocycles. The first-order valence-corrected chi connectivity index (χ1v) is 12.0. The van der Waals surface area contributed by atoms with E-state index in [1.54, 1.807) is 12.1 Å². The van der Waals surface area contributed by atoms with Gasteiger partial charge in [-0.15, -0.1) is 10.2 Å². The molecule has 0 amide bonds. The van der Waals surface area contributed by atoms with Gasteiger partial charge in [0.2, 0.25) is 10.0 Å². The van der Waals surface area contributed by atoms with Gasteiger partial charge in [-0.05, 0) is 50.2 Å². The molecule has 0 bridgehead atoms. The molecular weight excluding hydrogens is 402 g/mol. The molecule has 2 N–H and O–H groups in total. The Hall–Kier alpha value is -2.70. The fourth-order valence-corrected chi connectivity index (χ4v) is 5.24. The van der Waals surface area contributed by atoms with Crippen molar-refractivity contribution in [3.63, 3.8) is 0 Å². The Bertz CT molecular complexity index is 1110. The zero-order valence-electron chi connectivity index (χ0n) is 16.9. The molecule has 2 aliphatic rings. The average Bonchev–Trinajstić information content (AvgIpc) is 2.74. The quantitative estimate of drug-likeness (QED) is 0.728. The minimum absolute atomic E-state index is 0.00833. The highest BCUT2D eigenvalue weighted by molar-refractivity contribution is 7.88. The minimum Gasteiger partial charge on any atom is -0.509 e. The summed E-state index contributed by atoms with van der Waals surface area (Å²) in [5.74, 6) is 0.744. The van der Waals surface area contributed by atoms with Gasteiger partial charge in [-0.1, -0.05) is 12.1 Å². The maximum absolute atomic E-state index is 11.9. The molecule has 0 spiro atoms. The van der Waals surface area contributed by atoms with Crippen LogP contribution in [0.2, 0.25) is 0 Å². The molecule has 30 heavy (non-hydrogen) atoms. The predicted octanol–water partition coefficient (Wildman–Crippen LogP) is 3.11. The van der Waals surface area contributed by atoms with Gasteiger partial charge in [0, 0.05) is 30.3 Å². The average molecular weight is 428 g/mol. The van der Waals surface area contributed by atoms with E-state index in [0.29, 0.717) is 35.9 Å². The van der Waals surface area contributed by atoms with Crippen molar-refractivity contribution in [2.24, 2.45) is 0 Å². The molecule has 158 valence electrons. The van der Waals surface area contributed by atoms with Crippen LogP contribution in [0.15, 0.2) is 18.2 Å². The number of aromatic hydroxyl groups is 1. The first kappa shape index (κ1) is 20.6. The smallest absolute Gasteiger partial charge is 0.211 e. The van der Waals surface area contributed by atoms with Crippen LogP contribution in [0.4, 0.5) is 11.5 Å². The second-order valence-corrected chi connectivity index (χ2v) is 9.96. The predicted molar refractivity (Wildman–Crippen MR) is 115 cm³/mol. The lowest BCUT2D eigenvalue weighted by molar-refractivity contribution is 0.328. The number of anilines is 1. The number of fused-ring (bicyclic) bond motifs is 1. The number of rotatable bonds is 4. The molecule has 1 aliphatic carbocycles. The summed E-state index contributed by atoms with van der Waals surface area (Å²) in [4.78, 5) is 3.35. The van der Waals surface area contributed by atoms with Gasteiger partial charge in [0.15, 0.2) is 11.5 Å². The van der Waals surface area contributed by atoms with Crippen LogP contribution in [0.25, 0.3) is 16.1 Å². The first-order chi connectivity index (χ1) is 14.4. The summed E-state index contributed by atoms with van der Waals surface area (Å²) in [6.07, 6.45) is 6.73. The van der Waals surface area contributed by atoms with E-state index in [-0.39, 0.29) is 11.8 Å².